The van der Waals surface area contributed by atoms with Crippen LogP contribution in [0.15, 0.2) is 24.3 Å². The van der Waals surface area contributed by atoms with E-state index in [1.54, 1.807) is 19.0 Å². The summed E-state index contributed by atoms with van der Waals surface area (Å²) in [6, 6.07) is 8.40. The lowest BCUT2D eigenvalue weighted by Gasteiger charge is -2.33. The molecule has 4 nitrogen and oxygen atoms in total. The Balaban J connectivity index is 2.04. The van der Waals surface area contributed by atoms with Gasteiger partial charge in [-0.05, 0) is 31.0 Å². The molecule has 1 aliphatic rings. The van der Waals surface area contributed by atoms with Gasteiger partial charge in [0.2, 0.25) is 0 Å². The third-order valence-electron chi connectivity index (χ3n) is 3.06. The van der Waals surface area contributed by atoms with Crippen molar-refractivity contribution in [3.8, 4) is 0 Å². The van der Waals surface area contributed by atoms with Gasteiger partial charge in [0.15, 0.2) is 0 Å². The Morgan fingerprint density at radius 3 is 2.71 bits per heavy atom. The molecule has 0 aliphatic heterocycles. The molecule has 0 spiro atoms. The molecule has 3 N–H and O–H groups in total. The molecule has 1 aromatic rings. The summed E-state index contributed by atoms with van der Waals surface area (Å²) in [6.07, 6.45) is 2.01. The van der Waals surface area contributed by atoms with E-state index in [0.29, 0.717) is 17.6 Å². The lowest BCUT2D eigenvalue weighted by molar-refractivity contribution is 0.0827. The molecule has 0 atom stereocenters. The number of nitrogens with zero attached hydrogens (tertiary/aromatic N) is 1. The number of amides is 1. The largest absolute Gasteiger partial charge is 0.382 e. The van der Waals surface area contributed by atoms with E-state index < -0.39 is 0 Å². The Morgan fingerprint density at radius 2 is 2.12 bits per heavy atom. The number of anilines is 1. The lowest BCUT2D eigenvalue weighted by atomic mass is 9.87. The van der Waals surface area contributed by atoms with Crippen molar-refractivity contribution in [3.63, 3.8) is 0 Å². The maximum absolute atomic E-state index is 11.8. The first-order valence-corrected chi connectivity index (χ1v) is 5.90. The van der Waals surface area contributed by atoms with Crippen LogP contribution in [-0.4, -0.2) is 37.0 Å². The van der Waals surface area contributed by atoms with Gasteiger partial charge in [-0.25, -0.2) is 0 Å². The molecule has 0 aromatic heterocycles. The van der Waals surface area contributed by atoms with Gasteiger partial charge in [0, 0.05) is 37.4 Å². The molecule has 0 unspecified atom stereocenters. The molecule has 0 heterocycles. The van der Waals surface area contributed by atoms with E-state index in [2.05, 4.69) is 5.32 Å². The zero-order valence-corrected chi connectivity index (χ0v) is 10.3. The highest BCUT2D eigenvalue weighted by Gasteiger charge is 2.25. The molecule has 1 aliphatic carbocycles. The van der Waals surface area contributed by atoms with E-state index in [1.165, 1.54) is 0 Å². The fourth-order valence-electron chi connectivity index (χ4n) is 2.02. The van der Waals surface area contributed by atoms with Crippen LogP contribution in [0.25, 0.3) is 0 Å². The van der Waals surface area contributed by atoms with Gasteiger partial charge in [-0.15, -0.1) is 0 Å². The first-order chi connectivity index (χ1) is 8.06. The second-order valence-electron chi connectivity index (χ2n) is 4.85. The third kappa shape index (κ3) is 2.77. The molecule has 1 saturated carbocycles. The van der Waals surface area contributed by atoms with Gasteiger partial charge in [0.25, 0.3) is 5.91 Å². The summed E-state index contributed by atoms with van der Waals surface area (Å²) in [4.78, 5) is 13.4. The van der Waals surface area contributed by atoms with E-state index >= 15 is 0 Å². The number of nitrogens with one attached hydrogen (secondary N) is 1. The maximum atomic E-state index is 11.8. The van der Waals surface area contributed by atoms with Crippen molar-refractivity contribution >= 4 is 11.6 Å². The van der Waals surface area contributed by atoms with Crippen molar-refractivity contribution in [2.45, 2.75) is 24.9 Å². The fourth-order valence-corrected chi connectivity index (χ4v) is 2.02. The highest BCUT2D eigenvalue weighted by molar-refractivity contribution is 5.94. The van der Waals surface area contributed by atoms with Crippen LogP contribution in [0.1, 0.15) is 23.2 Å². The van der Waals surface area contributed by atoms with Crippen molar-refractivity contribution in [2.75, 3.05) is 19.4 Å². The quantitative estimate of drug-likeness (QED) is 0.827. The van der Waals surface area contributed by atoms with Crippen LogP contribution < -0.4 is 11.1 Å². The number of hydrogen-bond donors (Lipinski definition) is 2. The molecule has 0 saturated heterocycles. The molecule has 1 aromatic carbocycles. The van der Waals surface area contributed by atoms with Crippen molar-refractivity contribution in [3.05, 3.63) is 29.8 Å². The first kappa shape index (κ1) is 11.9. The topological polar surface area (TPSA) is 58.4 Å². The molecule has 0 bridgehead atoms. The third-order valence-corrected chi connectivity index (χ3v) is 3.06. The number of carbonyl (C=O) groups excluding carboxylic acids is 1. The van der Waals surface area contributed by atoms with Crippen LogP contribution in [0, 0.1) is 0 Å². The Kier molecular flexibility index (Phi) is 3.33. The number of carbonyl (C=O) groups is 1. The number of rotatable bonds is 3. The lowest BCUT2D eigenvalue weighted by Crippen LogP contribution is -2.44. The van der Waals surface area contributed by atoms with Crippen LogP contribution in [-0.2, 0) is 0 Å². The summed E-state index contributed by atoms with van der Waals surface area (Å²) in [5, 5.41) is 3.39. The van der Waals surface area contributed by atoms with Crippen LogP contribution in [0.3, 0.4) is 0 Å². The number of benzene rings is 1. The summed E-state index contributed by atoms with van der Waals surface area (Å²) in [5.41, 5.74) is 7.45. The number of hydrogen-bond acceptors (Lipinski definition) is 3. The molecule has 0 radical (unpaired) electrons. The minimum atomic E-state index is 0.0268. The predicted molar refractivity (Wildman–Crippen MR) is 69.1 cm³/mol. The minimum absolute atomic E-state index is 0.0268. The number of nitrogens with two attached hydrogens (primary N) is 1. The SMILES string of the molecule is CN(C)C(=O)c1cccc(NC2CC(N)C2)c1. The Hall–Kier alpha value is -1.55. The van der Waals surface area contributed by atoms with Crippen LogP contribution in [0.4, 0.5) is 5.69 Å². The highest BCUT2D eigenvalue weighted by atomic mass is 16.2. The molecule has 1 fully saturated rings. The molecule has 2 rings (SSSR count). The van der Waals surface area contributed by atoms with Crippen LogP contribution in [0.2, 0.25) is 0 Å². The molecule has 92 valence electrons. The smallest absolute Gasteiger partial charge is 0.253 e. The second kappa shape index (κ2) is 4.75. The van der Waals surface area contributed by atoms with Gasteiger partial charge in [0.05, 0.1) is 0 Å². The predicted octanol–water partition coefficient (Wildman–Crippen LogP) is 1.29. The second-order valence-corrected chi connectivity index (χ2v) is 4.85. The monoisotopic (exact) mass is 233 g/mol. The van der Waals surface area contributed by atoms with Crippen LogP contribution in [0.5, 0.6) is 0 Å². The van der Waals surface area contributed by atoms with Gasteiger partial charge in [0.1, 0.15) is 0 Å². The van der Waals surface area contributed by atoms with E-state index in [9.17, 15) is 4.79 Å². The first-order valence-electron chi connectivity index (χ1n) is 5.90. The van der Waals surface area contributed by atoms with Gasteiger partial charge in [-0.3, -0.25) is 4.79 Å². The summed E-state index contributed by atoms with van der Waals surface area (Å²) in [6.45, 7) is 0. The highest BCUT2D eigenvalue weighted by Crippen LogP contribution is 2.23. The average Bonchev–Trinajstić information content (AvgIpc) is 2.26. The Bertz CT molecular complexity index is 411. The van der Waals surface area contributed by atoms with E-state index in [-0.39, 0.29) is 5.91 Å². The Labute approximate surface area is 102 Å². The van der Waals surface area contributed by atoms with E-state index in [0.717, 1.165) is 18.5 Å². The molecule has 17 heavy (non-hydrogen) atoms. The van der Waals surface area contributed by atoms with Gasteiger partial charge < -0.3 is 16.0 Å². The molecular formula is C13H19N3O. The molecular weight excluding hydrogens is 214 g/mol. The van der Waals surface area contributed by atoms with Gasteiger partial charge >= 0.3 is 0 Å². The van der Waals surface area contributed by atoms with Gasteiger partial charge in [-0.1, -0.05) is 6.07 Å². The van der Waals surface area contributed by atoms with E-state index in [1.807, 2.05) is 24.3 Å². The minimum Gasteiger partial charge on any atom is -0.382 e. The summed E-state index contributed by atoms with van der Waals surface area (Å²) >= 11 is 0. The normalized spacial score (nSPS) is 22.8. The van der Waals surface area contributed by atoms with E-state index in [4.69, 9.17) is 5.73 Å². The summed E-state index contributed by atoms with van der Waals surface area (Å²) in [5.74, 6) is 0.0268. The summed E-state index contributed by atoms with van der Waals surface area (Å²) < 4.78 is 0. The van der Waals surface area contributed by atoms with Crippen molar-refractivity contribution < 1.29 is 4.79 Å². The van der Waals surface area contributed by atoms with Crippen LogP contribution >= 0.6 is 0 Å². The maximum Gasteiger partial charge on any atom is 0.253 e. The van der Waals surface area contributed by atoms with Crippen molar-refractivity contribution in [2.24, 2.45) is 5.73 Å². The van der Waals surface area contributed by atoms with Crippen molar-refractivity contribution in [1.82, 2.24) is 4.90 Å². The van der Waals surface area contributed by atoms with Crippen molar-refractivity contribution in [1.29, 1.82) is 0 Å². The zero-order chi connectivity index (χ0) is 12.4. The summed E-state index contributed by atoms with van der Waals surface area (Å²) in [7, 11) is 3.51. The zero-order valence-electron chi connectivity index (χ0n) is 10.3. The Morgan fingerprint density at radius 1 is 1.41 bits per heavy atom. The fraction of sp³-hybridized carbons (Fsp3) is 0.462. The van der Waals surface area contributed by atoms with Gasteiger partial charge in [-0.2, -0.15) is 0 Å². The molecule has 1 amide bonds. The standard InChI is InChI=1S/C13H19N3O/c1-16(2)13(17)9-4-3-5-11(6-9)15-12-7-10(14)8-12/h3-6,10,12,15H,7-8,14H2,1-2H3. The average molecular weight is 233 g/mol. The molecule has 4 heteroatoms.